The van der Waals surface area contributed by atoms with E-state index in [1.54, 1.807) is 14.2 Å². The number of methoxy groups -OCH3 is 2. The van der Waals surface area contributed by atoms with Gasteiger partial charge in [0, 0.05) is 12.6 Å². The minimum Gasteiger partial charge on any atom is -0.493 e. The van der Waals surface area contributed by atoms with E-state index in [2.05, 4.69) is 15.2 Å². The maximum atomic E-state index is 5.39. The lowest BCUT2D eigenvalue weighted by Gasteiger charge is -2.27. The monoisotopic (exact) mass is 334 g/mol. The van der Waals surface area contributed by atoms with Gasteiger partial charge in [0.1, 0.15) is 5.84 Å². The van der Waals surface area contributed by atoms with Crippen LogP contribution in [0.15, 0.2) is 33.7 Å². The van der Waals surface area contributed by atoms with E-state index in [4.69, 9.17) is 26.7 Å². The van der Waals surface area contributed by atoms with Crippen molar-refractivity contribution in [2.75, 3.05) is 40.4 Å². The Kier molecular flexibility index (Phi) is 5.07. The van der Waals surface area contributed by atoms with Crippen molar-refractivity contribution >= 4 is 28.9 Å². The predicted octanol–water partition coefficient (Wildman–Crippen LogP) is 1.50. The summed E-state index contributed by atoms with van der Waals surface area (Å²) in [6.45, 7) is 4.10. The van der Waals surface area contributed by atoms with Crippen molar-refractivity contribution in [1.29, 1.82) is 0 Å². The van der Waals surface area contributed by atoms with Gasteiger partial charge in [0.25, 0.3) is 0 Å². The van der Waals surface area contributed by atoms with Crippen LogP contribution < -0.4 is 5.32 Å². The summed E-state index contributed by atoms with van der Waals surface area (Å²) in [5, 5.41) is 3.57. The molecule has 3 aliphatic rings. The Bertz CT molecular complexity index is 603. The number of ether oxygens (including phenoxy) is 2. The van der Waals surface area contributed by atoms with Crippen molar-refractivity contribution in [3.8, 4) is 0 Å². The lowest BCUT2D eigenvalue weighted by molar-refractivity contribution is 0.218. The molecule has 1 aliphatic carbocycles. The maximum Gasteiger partial charge on any atom is 0.198 e. The lowest BCUT2D eigenvalue weighted by Crippen LogP contribution is -2.43. The van der Waals surface area contributed by atoms with Crippen molar-refractivity contribution in [3.63, 3.8) is 0 Å². The van der Waals surface area contributed by atoms with E-state index in [1.807, 2.05) is 12.2 Å². The number of hydrogen-bond donors (Lipinski definition) is 1. The summed E-state index contributed by atoms with van der Waals surface area (Å²) in [4.78, 5) is 11.6. The first-order chi connectivity index (χ1) is 11.2. The Morgan fingerprint density at radius 2 is 2.04 bits per heavy atom. The molecule has 0 bridgehead atoms. The number of fused-ring (bicyclic) bond motifs is 1. The van der Waals surface area contributed by atoms with Gasteiger partial charge in [-0.1, -0.05) is 0 Å². The summed E-state index contributed by atoms with van der Waals surface area (Å²) in [5.41, 5.74) is 0.839. The van der Waals surface area contributed by atoms with E-state index in [0.29, 0.717) is 16.6 Å². The molecule has 1 N–H and O–H groups in total. The number of hydrogen-bond acceptors (Lipinski definition) is 5. The largest absolute Gasteiger partial charge is 0.493 e. The molecule has 0 aromatic rings. The van der Waals surface area contributed by atoms with Crippen molar-refractivity contribution in [3.05, 3.63) is 23.7 Å². The highest BCUT2D eigenvalue weighted by Crippen LogP contribution is 2.25. The first-order valence-electron chi connectivity index (χ1n) is 7.89. The minimum absolute atomic E-state index is 0.0610. The molecular weight excluding hydrogens is 312 g/mol. The second kappa shape index (κ2) is 7.23. The van der Waals surface area contributed by atoms with E-state index >= 15 is 0 Å². The first kappa shape index (κ1) is 16.1. The lowest BCUT2D eigenvalue weighted by atomic mass is 9.94. The highest BCUT2D eigenvalue weighted by molar-refractivity contribution is 7.80. The van der Waals surface area contributed by atoms with Gasteiger partial charge in [-0.05, 0) is 44.2 Å². The third-order valence-corrected chi connectivity index (χ3v) is 4.45. The molecule has 1 fully saturated rings. The van der Waals surface area contributed by atoms with Gasteiger partial charge >= 0.3 is 0 Å². The number of thiocarbonyl (C=S) groups is 1. The summed E-state index contributed by atoms with van der Waals surface area (Å²) >= 11 is 5.23. The van der Waals surface area contributed by atoms with E-state index in [-0.39, 0.29) is 5.92 Å². The van der Waals surface area contributed by atoms with E-state index < -0.39 is 0 Å². The Balaban J connectivity index is 1.76. The molecule has 1 atom stereocenters. The van der Waals surface area contributed by atoms with Crippen molar-refractivity contribution in [2.24, 2.45) is 15.9 Å². The molecule has 0 amide bonds. The molecular formula is C16H22N4O2S. The summed E-state index contributed by atoms with van der Waals surface area (Å²) in [6, 6.07) is 0. The Morgan fingerprint density at radius 3 is 2.74 bits per heavy atom. The van der Waals surface area contributed by atoms with Crippen molar-refractivity contribution < 1.29 is 9.47 Å². The van der Waals surface area contributed by atoms with E-state index in [1.165, 1.54) is 25.9 Å². The number of allylic oxidation sites excluding steroid dienone is 1. The van der Waals surface area contributed by atoms with E-state index in [9.17, 15) is 0 Å². The fourth-order valence-electron chi connectivity index (χ4n) is 3.05. The van der Waals surface area contributed by atoms with Crippen molar-refractivity contribution in [1.82, 2.24) is 10.2 Å². The van der Waals surface area contributed by atoms with Crippen LogP contribution >= 0.6 is 12.2 Å². The van der Waals surface area contributed by atoms with Gasteiger partial charge in [-0.25, -0.2) is 4.99 Å². The van der Waals surface area contributed by atoms with Crippen LogP contribution in [0.4, 0.5) is 0 Å². The van der Waals surface area contributed by atoms with Gasteiger partial charge in [0.2, 0.25) is 0 Å². The molecule has 1 unspecified atom stereocenters. The summed E-state index contributed by atoms with van der Waals surface area (Å²) in [6.07, 6.45) is 6.43. The Morgan fingerprint density at radius 1 is 1.30 bits per heavy atom. The molecule has 0 spiro atoms. The van der Waals surface area contributed by atoms with Crippen LogP contribution in [0.3, 0.4) is 0 Å². The Labute approximate surface area is 142 Å². The van der Waals surface area contributed by atoms with Crippen LogP contribution in [-0.4, -0.2) is 62.0 Å². The van der Waals surface area contributed by atoms with Gasteiger partial charge in [0.15, 0.2) is 16.6 Å². The molecule has 0 aromatic heterocycles. The Hall–Kier alpha value is -1.73. The van der Waals surface area contributed by atoms with Gasteiger partial charge < -0.3 is 19.7 Å². The number of aliphatic imine (C=N–C) groups is 2. The van der Waals surface area contributed by atoms with Crippen molar-refractivity contribution in [2.45, 2.75) is 12.8 Å². The summed E-state index contributed by atoms with van der Waals surface area (Å²) in [7, 11) is 3.25. The molecule has 2 heterocycles. The zero-order valence-electron chi connectivity index (χ0n) is 13.5. The van der Waals surface area contributed by atoms with Gasteiger partial charge in [-0.2, -0.15) is 0 Å². The molecule has 0 aromatic carbocycles. The third kappa shape index (κ3) is 3.61. The van der Waals surface area contributed by atoms with Crippen LogP contribution in [0, 0.1) is 5.92 Å². The third-order valence-electron chi connectivity index (χ3n) is 4.26. The highest BCUT2D eigenvalue weighted by Gasteiger charge is 2.30. The zero-order chi connectivity index (χ0) is 16.2. The smallest absolute Gasteiger partial charge is 0.198 e. The average Bonchev–Trinajstić information content (AvgIpc) is 3.06. The van der Waals surface area contributed by atoms with Crippen LogP contribution in [-0.2, 0) is 9.47 Å². The first-order valence-corrected chi connectivity index (χ1v) is 8.30. The predicted molar refractivity (Wildman–Crippen MR) is 94.8 cm³/mol. The van der Waals surface area contributed by atoms with Crippen LogP contribution in [0.25, 0.3) is 0 Å². The number of likely N-dealkylation sites (tertiary alicyclic amines) is 1. The van der Waals surface area contributed by atoms with Gasteiger partial charge in [-0.3, -0.25) is 4.99 Å². The molecule has 2 aliphatic heterocycles. The zero-order valence-corrected chi connectivity index (χ0v) is 14.4. The molecule has 1 saturated heterocycles. The molecule has 0 saturated carbocycles. The second-order valence-electron chi connectivity index (χ2n) is 5.71. The molecule has 23 heavy (non-hydrogen) atoms. The van der Waals surface area contributed by atoms with Gasteiger partial charge in [-0.15, -0.1) is 0 Å². The molecule has 7 heteroatoms. The van der Waals surface area contributed by atoms with Crippen LogP contribution in [0.5, 0.6) is 0 Å². The number of nitrogens with one attached hydrogen (secondary N) is 1. The summed E-state index contributed by atoms with van der Waals surface area (Å²) < 4.78 is 10.7. The topological polar surface area (TPSA) is 58.5 Å². The maximum absolute atomic E-state index is 5.39. The van der Waals surface area contributed by atoms with E-state index in [0.717, 1.165) is 24.6 Å². The number of rotatable bonds is 5. The standard InChI is InChI=1S/C16H22N4O2S/c1-21-13-9-11-12(10-14(13)22-2)18-16(23)19-15(11)17-5-8-20-6-3-4-7-20/h9-11H,3-8H2,1-2H3,(H,17,19,23). The highest BCUT2D eigenvalue weighted by atomic mass is 32.1. The number of amidine groups is 1. The molecule has 124 valence electrons. The quantitative estimate of drug-likeness (QED) is 0.772. The fraction of sp³-hybridized carbons (Fsp3) is 0.562. The van der Waals surface area contributed by atoms with Gasteiger partial charge in [0.05, 0.1) is 32.4 Å². The second-order valence-corrected chi connectivity index (χ2v) is 6.09. The number of nitrogens with zero attached hydrogens (tertiary/aromatic N) is 3. The average molecular weight is 334 g/mol. The summed E-state index contributed by atoms with van der Waals surface area (Å²) in [5.74, 6) is 2.12. The SMILES string of the molecule is COC1=CC2=NC(=S)NC(=NCCN3CCCC3)C2C=C1OC. The fourth-order valence-corrected chi connectivity index (χ4v) is 3.26. The molecule has 3 rings (SSSR count). The van der Waals surface area contributed by atoms with Crippen LogP contribution in [0.1, 0.15) is 12.8 Å². The molecule has 6 nitrogen and oxygen atoms in total. The molecule has 0 radical (unpaired) electrons. The van der Waals surface area contributed by atoms with Crippen LogP contribution in [0.2, 0.25) is 0 Å². The normalized spacial score (nSPS) is 26.2. The minimum atomic E-state index is -0.0610.